The minimum atomic E-state index is -0.523. The number of aromatic nitrogens is 1. The molecular formula is C22H20N4O4. The zero-order chi connectivity index (χ0) is 21.7. The molecule has 1 aromatic heterocycles. The van der Waals surface area contributed by atoms with E-state index < -0.39 is 16.7 Å². The number of carbonyl (C=O) groups is 2. The van der Waals surface area contributed by atoms with Crippen molar-refractivity contribution in [3.8, 4) is 0 Å². The van der Waals surface area contributed by atoms with Gasteiger partial charge in [0.1, 0.15) is 0 Å². The summed E-state index contributed by atoms with van der Waals surface area (Å²) < 4.78 is 0. The molecule has 0 bridgehead atoms. The van der Waals surface area contributed by atoms with Gasteiger partial charge >= 0.3 is 0 Å². The molecule has 3 aromatic rings. The maximum atomic E-state index is 12.5. The molecule has 0 spiro atoms. The van der Waals surface area contributed by atoms with Crippen LogP contribution in [0.3, 0.4) is 0 Å². The number of carbonyl (C=O) groups excluding carboxylic acids is 2. The number of hydrogen-bond donors (Lipinski definition) is 2. The fraction of sp³-hybridized carbons (Fsp3) is 0.136. The predicted molar refractivity (Wildman–Crippen MR) is 112 cm³/mol. The van der Waals surface area contributed by atoms with E-state index in [2.05, 4.69) is 10.3 Å². The second-order valence-corrected chi connectivity index (χ2v) is 6.86. The molecule has 2 amide bonds. The first-order valence-corrected chi connectivity index (χ1v) is 9.22. The normalized spacial score (nSPS) is 10.4. The van der Waals surface area contributed by atoms with Gasteiger partial charge in [0.15, 0.2) is 0 Å². The zero-order valence-corrected chi connectivity index (χ0v) is 16.3. The van der Waals surface area contributed by atoms with E-state index in [4.69, 9.17) is 5.73 Å². The topological polar surface area (TPSA) is 128 Å². The highest BCUT2D eigenvalue weighted by Gasteiger charge is 2.15. The number of rotatable bonds is 7. The van der Waals surface area contributed by atoms with Crippen LogP contribution in [0.4, 0.5) is 11.4 Å². The van der Waals surface area contributed by atoms with Gasteiger partial charge in [0.25, 0.3) is 11.6 Å². The quantitative estimate of drug-likeness (QED) is 0.460. The zero-order valence-electron chi connectivity index (χ0n) is 16.3. The van der Waals surface area contributed by atoms with Crippen LogP contribution in [0.2, 0.25) is 0 Å². The minimum Gasteiger partial charge on any atom is -0.366 e. The Labute approximate surface area is 172 Å². The number of anilines is 1. The minimum absolute atomic E-state index is 0.0943. The number of nitrogens with two attached hydrogens (primary N) is 1. The van der Waals surface area contributed by atoms with E-state index >= 15 is 0 Å². The lowest BCUT2D eigenvalue weighted by Crippen LogP contribution is -2.12. The lowest BCUT2D eigenvalue weighted by Gasteiger charge is -2.09. The molecule has 0 aliphatic rings. The molecule has 0 atom stereocenters. The third-order valence-corrected chi connectivity index (χ3v) is 4.63. The molecule has 1 heterocycles. The molecule has 0 saturated carbocycles. The summed E-state index contributed by atoms with van der Waals surface area (Å²) in [5.74, 6) is -0.945. The number of nitro groups is 1. The van der Waals surface area contributed by atoms with Gasteiger partial charge in [-0.05, 0) is 55.2 Å². The van der Waals surface area contributed by atoms with Crippen molar-refractivity contribution in [3.05, 3.63) is 98.9 Å². The van der Waals surface area contributed by atoms with Gasteiger partial charge in [-0.1, -0.05) is 18.2 Å². The van der Waals surface area contributed by atoms with E-state index in [1.54, 1.807) is 37.4 Å². The first kappa shape index (κ1) is 20.7. The number of amides is 2. The van der Waals surface area contributed by atoms with Crippen LogP contribution in [0.5, 0.6) is 0 Å². The molecule has 8 heteroatoms. The van der Waals surface area contributed by atoms with E-state index in [1.165, 1.54) is 12.3 Å². The highest BCUT2D eigenvalue weighted by atomic mass is 16.6. The summed E-state index contributed by atoms with van der Waals surface area (Å²) in [5.41, 5.74) is 8.71. The van der Waals surface area contributed by atoms with Crippen LogP contribution in [0.15, 0.2) is 60.9 Å². The summed E-state index contributed by atoms with van der Waals surface area (Å²) in [4.78, 5) is 38.4. The van der Waals surface area contributed by atoms with Crippen LogP contribution < -0.4 is 11.1 Å². The van der Waals surface area contributed by atoms with Crippen molar-refractivity contribution in [2.75, 3.05) is 5.32 Å². The first-order chi connectivity index (χ1) is 14.3. The molecule has 0 aliphatic carbocycles. The van der Waals surface area contributed by atoms with Crippen LogP contribution in [-0.2, 0) is 12.8 Å². The van der Waals surface area contributed by atoms with Crippen molar-refractivity contribution in [1.82, 2.24) is 4.98 Å². The number of nitro benzene ring substituents is 1. The van der Waals surface area contributed by atoms with Crippen LogP contribution in [-0.4, -0.2) is 21.7 Å². The molecule has 3 N–H and O–H groups in total. The Balaban J connectivity index is 1.69. The summed E-state index contributed by atoms with van der Waals surface area (Å²) in [6, 6.07) is 13.4. The smallest absolute Gasteiger partial charge is 0.273 e. The average Bonchev–Trinajstić information content (AvgIpc) is 2.72. The van der Waals surface area contributed by atoms with E-state index in [9.17, 15) is 19.7 Å². The molecular weight excluding hydrogens is 384 g/mol. The van der Waals surface area contributed by atoms with Crippen LogP contribution in [0.1, 0.15) is 37.4 Å². The maximum absolute atomic E-state index is 12.5. The molecule has 0 saturated heterocycles. The van der Waals surface area contributed by atoms with Crippen LogP contribution >= 0.6 is 0 Å². The fourth-order valence-corrected chi connectivity index (χ4v) is 3.00. The van der Waals surface area contributed by atoms with Gasteiger partial charge in [-0.3, -0.25) is 24.7 Å². The highest BCUT2D eigenvalue weighted by molar-refractivity contribution is 6.04. The van der Waals surface area contributed by atoms with Gasteiger partial charge in [-0.25, -0.2) is 0 Å². The van der Waals surface area contributed by atoms with Crippen molar-refractivity contribution in [2.45, 2.75) is 19.8 Å². The SMILES string of the molecule is Cc1ccc(C(=O)Nc2cccc(CCc3cncc(C(N)=O)c3)c2)cc1[N+](=O)[O-]. The molecule has 0 radical (unpaired) electrons. The molecule has 152 valence electrons. The van der Waals surface area contributed by atoms with Crippen LogP contribution in [0, 0.1) is 17.0 Å². The Hall–Kier alpha value is -4.07. The Morgan fingerprint density at radius 3 is 2.53 bits per heavy atom. The summed E-state index contributed by atoms with van der Waals surface area (Å²) in [6.07, 6.45) is 4.43. The van der Waals surface area contributed by atoms with Gasteiger partial charge in [-0.2, -0.15) is 0 Å². The van der Waals surface area contributed by atoms with Gasteiger partial charge in [-0.15, -0.1) is 0 Å². The molecule has 0 fully saturated rings. The van der Waals surface area contributed by atoms with Crippen molar-refractivity contribution >= 4 is 23.2 Å². The number of nitrogens with zero attached hydrogens (tertiary/aromatic N) is 2. The third kappa shape index (κ3) is 5.05. The van der Waals surface area contributed by atoms with Crippen molar-refractivity contribution in [2.24, 2.45) is 5.73 Å². The summed E-state index contributed by atoms with van der Waals surface area (Å²) in [7, 11) is 0. The van der Waals surface area contributed by atoms with Crippen molar-refractivity contribution < 1.29 is 14.5 Å². The second kappa shape index (κ2) is 8.95. The summed E-state index contributed by atoms with van der Waals surface area (Å²) >= 11 is 0. The Morgan fingerprint density at radius 1 is 1.03 bits per heavy atom. The molecule has 2 aromatic carbocycles. The Bertz CT molecular complexity index is 1130. The summed E-state index contributed by atoms with van der Waals surface area (Å²) in [5, 5.41) is 13.9. The van der Waals surface area contributed by atoms with E-state index in [1.807, 2.05) is 18.2 Å². The van der Waals surface area contributed by atoms with Crippen LogP contribution in [0.25, 0.3) is 0 Å². The third-order valence-electron chi connectivity index (χ3n) is 4.63. The van der Waals surface area contributed by atoms with E-state index in [-0.39, 0.29) is 11.3 Å². The molecule has 30 heavy (non-hydrogen) atoms. The number of hydrogen-bond acceptors (Lipinski definition) is 5. The van der Waals surface area contributed by atoms with Gasteiger partial charge in [0, 0.05) is 35.3 Å². The highest BCUT2D eigenvalue weighted by Crippen LogP contribution is 2.21. The van der Waals surface area contributed by atoms with Crippen molar-refractivity contribution in [1.29, 1.82) is 0 Å². The largest absolute Gasteiger partial charge is 0.366 e. The molecule has 8 nitrogen and oxygen atoms in total. The van der Waals surface area contributed by atoms with Gasteiger partial charge < -0.3 is 11.1 Å². The standard InChI is InChI=1S/C22H20N4O4/c1-14-5-8-17(11-20(14)26(29)30)22(28)25-19-4-2-3-15(10-19)6-7-16-9-18(21(23)27)13-24-12-16/h2-5,8-13H,6-7H2,1H3,(H2,23,27)(H,25,28). The Morgan fingerprint density at radius 2 is 1.80 bits per heavy atom. The van der Waals surface area contributed by atoms with Gasteiger partial charge in [0.05, 0.1) is 10.5 Å². The van der Waals surface area contributed by atoms with E-state index in [0.717, 1.165) is 11.1 Å². The molecule has 0 aliphatic heterocycles. The van der Waals surface area contributed by atoms with Crippen molar-refractivity contribution in [3.63, 3.8) is 0 Å². The fourth-order valence-electron chi connectivity index (χ4n) is 3.00. The molecule has 3 rings (SSSR count). The average molecular weight is 404 g/mol. The van der Waals surface area contributed by atoms with E-state index in [0.29, 0.717) is 29.7 Å². The lowest BCUT2D eigenvalue weighted by atomic mass is 10.0. The lowest BCUT2D eigenvalue weighted by molar-refractivity contribution is -0.385. The predicted octanol–water partition coefficient (Wildman–Crippen LogP) is 3.43. The Kier molecular flexibility index (Phi) is 6.17. The number of aryl methyl sites for hydroxylation is 3. The second-order valence-electron chi connectivity index (χ2n) is 6.86. The first-order valence-electron chi connectivity index (χ1n) is 9.22. The maximum Gasteiger partial charge on any atom is 0.273 e. The number of primary amides is 1. The van der Waals surface area contributed by atoms with Gasteiger partial charge in [0.2, 0.25) is 5.91 Å². The summed E-state index contributed by atoms with van der Waals surface area (Å²) in [6.45, 7) is 1.62. The monoisotopic (exact) mass is 404 g/mol. The molecule has 0 unspecified atom stereocenters. The number of benzene rings is 2. The number of pyridine rings is 1. The number of nitrogens with one attached hydrogen (secondary N) is 1.